The van der Waals surface area contributed by atoms with E-state index in [0.717, 1.165) is 12.1 Å². The van der Waals surface area contributed by atoms with Gasteiger partial charge in [-0.1, -0.05) is 0 Å². The standard InChI is InChI=1S/C19H15N3O7S3/c1-10(23)14-9-30-18(21-14)19-20-13-5-3-12(8-16(13)31-19)29-32(26,27)17-6-4-11(28-2)7-15(17)22(24)25/h3-8,14H,9H2,1-2H3. The zero-order valence-electron chi connectivity index (χ0n) is 16.7. The molecule has 1 aliphatic heterocycles. The van der Waals surface area contributed by atoms with Gasteiger partial charge in [-0.25, -0.2) is 4.98 Å². The molecule has 0 saturated heterocycles. The summed E-state index contributed by atoms with van der Waals surface area (Å²) in [6, 6.07) is 7.50. The lowest BCUT2D eigenvalue weighted by Gasteiger charge is -2.08. The number of nitro groups is 1. The number of aromatic nitrogens is 1. The van der Waals surface area contributed by atoms with Crippen molar-refractivity contribution < 1.29 is 27.1 Å². The molecule has 2 heterocycles. The lowest BCUT2D eigenvalue weighted by Crippen LogP contribution is -2.14. The van der Waals surface area contributed by atoms with Gasteiger partial charge in [0.15, 0.2) is 10.7 Å². The van der Waals surface area contributed by atoms with Crippen LogP contribution in [0.1, 0.15) is 11.9 Å². The quantitative estimate of drug-likeness (QED) is 0.275. The molecular formula is C19H15N3O7S3. The molecule has 1 atom stereocenters. The number of Topliss-reactive ketones (excluding diaryl/α,β-unsaturated/α-hetero) is 1. The van der Waals surface area contributed by atoms with Gasteiger partial charge in [0.25, 0.3) is 5.69 Å². The number of ketones is 1. The molecule has 0 spiro atoms. The van der Waals surface area contributed by atoms with Crippen LogP contribution in [0.2, 0.25) is 0 Å². The average molecular weight is 494 g/mol. The molecule has 13 heteroatoms. The Balaban J connectivity index is 1.64. The van der Waals surface area contributed by atoms with E-state index < -0.39 is 25.6 Å². The lowest BCUT2D eigenvalue weighted by atomic mass is 10.2. The molecule has 32 heavy (non-hydrogen) atoms. The maximum absolute atomic E-state index is 12.7. The van der Waals surface area contributed by atoms with Crippen molar-refractivity contribution in [3.05, 3.63) is 51.5 Å². The largest absolute Gasteiger partial charge is 0.497 e. The van der Waals surface area contributed by atoms with Crippen LogP contribution in [0.15, 0.2) is 46.3 Å². The van der Waals surface area contributed by atoms with E-state index in [-0.39, 0.29) is 23.3 Å². The highest BCUT2D eigenvalue weighted by Crippen LogP contribution is 2.34. The van der Waals surface area contributed by atoms with Crippen molar-refractivity contribution in [3.63, 3.8) is 0 Å². The Hall–Kier alpha value is -3.03. The number of methoxy groups -OCH3 is 1. The summed E-state index contributed by atoms with van der Waals surface area (Å²) in [5.41, 5.74) is -0.0402. The van der Waals surface area contributed by atoms with Crippen LogP contribution in [0, 0.1) is 10.1 Å². The number of hydrogen-bond donors (Lipinski definition) is 0. The van der Waals surface area contributed by atoms with Crippen molar-refractivity contribution >= 4 is 59.9 Å². The molecule has 1 aromatic heterocycles. The molecule has 0 bridgehead atoms. The zero-order chi connectivity index (χ0) is 23.0. The molecule has 0 N–H and O–H groups in total. The first-order valence-corrected chi connectivity index (χ1v) is 12.3. The second kappa shape index (κ2) is 8.48. The molecule has 3 aromatic rings. The predicted octanol–water partition coefficient (Wildman–Crippen LogP) is 3.43. The first-order valence-electron chi connectivity index (χ1n) is 9.07. The van der Waals surface area contributed by atoms with Crippen LogP contribution in [0.25, 0.3) is 10.2 Å². The Labute approximate surface area is 190 Å². The van der Waals surface area contributed by atoms with E-state index in [2.05, 4.69) is 9.98 Å². The van der Waals surface area contributed by atoms with Crippen LogP contribution in [-0.4, -0.2) is 48.1 Å². The van der Waals surface area contributed by atoms with E-state index in [9.17, 15) is 23.3 Å². The van der Waals surface area contributed by atoms with Crippen molar-refractivity contribution in [2.45, 2.75) is 17.9 Å². The number of nitro benzene ring substituents is 1. The second-order valence-corrected chi connectivity index (χ2v) is 10.2. The third kappa shape index (κ3) is 4.31. The van der Waals surface area contributed by atoms with Gasteiger partial charge >= 0.3 is 10.1 Å². The Morgan fingerprint density at radius 1 is 1.22 bits per heavy atom. The van der Waals surface area contributed by atoms with E-state index in [4.69, 9.17) is 8.92 Å². The van der Waals surface area contributed by atoms with Gasteiger partial charge in [0.1, 0.15) is 27.6 Å². The van der Waals surface area contributed by atoms with Crippen LogP contribution < -0.4 is 8.92 Å². The monoisotopic (exact) mass is 493 g/mol. The van der Waals surface area contributed by atoms with E-state index in [1.807, 2.05) is 0 Å². The molecular weight excluding hydrogens is 478 g/mol. The fourth-order valence-corrected chi connectivity index (χ4v) is 6.15. The van der Waals surface area contributed by atoms with E-state index in [0.29, 0.717) is 26.0 Å². The summed E-state index contributed by atoms with van der Waals surface area (Å²) in [6.45, 7) is 1.49. The maximum Gasteiger partial charge on any atom is 0.346 e. The smallest absolute Gasteiger partial charge is 0.346 e. The summed E-state index contributed by atoms with van der Waals surface area (Å²) < 4.78 is 36.2. The highest BCUT2D eigenvalue weighted by Gasteiger charge is 2.29. The van der Waals surface area contributed by atoms with Crippen LogP contribution in [0.4, 0.5) is 5.69 Å². The van der Waals surface area contributed by atoms with Gasteiger partial charge in [0.2, 0.25) is 0 Å². The number of carbonyl (C=O) groups is 1. The fourth-order valence-electron chi connectivity index (χ4n) is 2.90. The van der Waals surface area contributed by atoms with Gasteiger partial charge in [-0.05, 0) is 31.2 Å². The van der Waals surface area contributed by atoms with Crippen molar-refractivity contribution in [2.75, 3.05) is 12.9 Å². The molecule has 2 aromatic carbocycles. The first kappa shape index (κ1) is 22.2. The molecule has 0 amide bonds. The first-order chi connectivity index (χ1) is 15.2. The molecule has 166 valence electrons. The van der Waals surface area contributed by atoms with Gasteiger partial charge in [0.05, 0.1) is 28.3 Å². The molecule has 10 nitrogen and oxygen atoms in total. The van der Waals surface area contributed by atoms with Crippen molar-refractivity contribution in [1.29, 1.82) is 0 Å². The molecule has 0 radical (unpaired) electrons. The number of ether oxygens (including phenoxy) is 1. The highest BCUT2D eigenvalue weighted by atomic mass is 32.2. The van der Waals surface area contributed by atoms with Gasteiger partial charge < -0.3 is 8.92 Å². The van der Waals surface area contributed by atoms with Crippen LogP contribution >= 0.6 is 23.1 Å². The summed E-state index contributed by atoms with van der Waals surface area (Å²) in [5, 5.41) is 12.6. The molecule has 0 saturated carbocycles. The number of aliphatic imine (C=N–C) groups is 1. The number of rotatable bonds is 7. The molecule has 4 rings (SSSR count). The van der Waals surface area contributed by atoms with Gasteiger partial charge in [0, 0.05) is 11.8 Å². The molecule has 1 unspecified atom stereocenters. The Morgan fingerprint density at radius 2 is 1.97 bits per heavy atom. The van der Waals surface area contributed by atoms with E-state index >= 15 is 0 Å². The molecule has 0 aliphatic carbocycles. The van der Waals surface area contributed by atoms with Crippen LogP contribution in [0.5, 0.6) is 11.5 Å². The maximum atomic E-state index is 12.7. The van der Waals surface area contributed by atoms with Gasteiger partial charge in [-0.2, -0.15) is 8.42 Å². The minimum Gasteiger partial charge on any atom is -0.497 e. The Bertz CT molecular complexity index is 1380. The van der Waals surface area contributed by atoms with Gasteiger partial charge in [-0.15, -0.1) is 23.1 Å². The van der Waals surface area contributed by atoms with Crippen molar-refractivity contribution in [1.82, 2.24) is 4.98 Å². The van der Waals surface area contributed by atoms with Crippen LogP contribution in [0.3, 0.4) is 0 Å². The number of thiazole rings is 1. The minimum absolute atomic E-state index is 0.0119. The number of thioether (sulfide) groups is 1. The predicted molar refractivity (Wildman–Crippen MR) is 121 cm³/mol. The highest BCUT2D eigenvalue weighted by molar-refractivity contribution is 8.15. The number of benzene rings is 2. The Morgan fingerprint density at radius 3 is 2.62 bits per heavy atom. The number of carbonyl (C=O) groups excluding carboxylic acids is 1. The van der Waals surface area contributed by atoms with E-state index in [1.54, 1.807) is 6.07 Å². The summed E-state index contributed by atoms with van der Waals surface area (Å²) in [7, 11) is -3.17. The molecule has 1 aliphatic rings. The topological polar surface area (TPSA) is 138 Å². The number of hydrogen-bond acceptors (Lipinski definition) is 11. The molecule has 0 fully saturated rings. The summed E-state index contributed by atoms with van der Waals surface area (Å²) in [4.78, 5) is 30.4. The number of fused-ring (bicyclic) bond motifs is 1. The summed E-state index contributed by atoms with van der Waals surface area (Å²) in [5.74, 6) is 0.685. The SMILES string of the molecule is COc1ccc(S(=O)(=O)Oc2ccc3nc(C4=NC(C(C)=O)CS4)sc3c2)c([N+](=O)[O-])c1. The minimum atomic E-state index is -4.49. The number of nitrogens with zero attached hydrogens (tertiary/aromatic N) is 3. The third-order valence-electron chi connectivity index (χ3n) is 4.50. The summed E-state index contributed by atoms with van der Waals surface area (Å²) in [6.07, 6.45) is 0. The second-order valence-electron chi connectivity index (χ2n) is 6.65. The van der Waals surface area contributed by atoms with E-state index in [1.165, 1.54) is 55.3 Å². The fraction of sp³-hybridized carbons (Fsp3) is 0.211. The van der Waals surface area contributed by atoms with Crippen LogP contribution in [-0.2, 0) is 14.9 Å². The van der Waals surface area contributed by atoms with Crippen molar-refractivity contribution in [2.24, 2.45) is 4.99 Å². The van der Waals surface area contributed by atoms with Crippen molar-refractivity contribution in [3.8, 4) is 11.5 Å². The summed E-state index contributed by atoms with van der Waals surface area (Å²) >= 11 is 2.73. The Kier molecular flexibility index (Phi) is 5.88. The third-order valence-corrected chi connectivity index (χ3v) is 8.01. The van der Waals surface area contributed by atoms with Gasteiger partial charge in [-0.3, -0.25) is 19.9 Å². The lowest BCUT2D eigenvalue weighted by molar-refractivity contribution is -0.388. The normalized spacial score (nSPS) is 16.1. The average Bonchev–Trinajstić information content (AvgIpc) is 3.39. The zero-order valence-corrected chi connectivity index (χ0v) is 19.1.